The zero-order chi connectivity index (χ0) is 25.3. The van der Waals surface area contributed by atoms with Crippen LogP contribution in [0.2, 0.25) is 0 Å². The number of hydrogen-bond acceptors (Lipinski definition) is 4. The van der Waals surface area contributed by atoms with Crippen molar-refractivity contribution in [3.8, 4) is 0 Å². The topological polar surface area (TPSA) is 94.4 Å². The van der Waals surface area contributed by atoms with E-state index < -0.39 is 0 Å². The lowest BCUT2D eigenvalue weighted by Gasteiger charge is -2.16. The van der Waals surface area contributed by atoms with Gasteiger partial charge in [-0.05, 0) is 73.6 Å². The van der Waals surface area contributed by atoms with E-state index in [0.717, 1.165) is 31.2 Å². The molecule has 0 radical (unpaired) electrons. The molecular formula is C29H40N4O2. The zero-order valence-electron chi connectivity index (χ0n) is 21.2. The van der Waals surface area contributed by atoms with Crippen LogP contribution in [0.3, 0.4) is 0 Å². The molecule has 35 heavy (non-hydrogen) atoms. The van der Waals surface area contributed by atoms with Gasteiger partial charge < -0.3 is 16.0 Å². The largest absolute Gasteiger partial charge is 0.338 e. The minimum Gasteiger partial charge on any atom is -0.338 e. The van der Waals surface area contributed by atoms with Gasteiger partial charge in [0.25, 0.3) is 0 Å². The number of aryl methyl sites for hydroxylation is 1. The van der Waals surface area contributed by atoms with Crippen molar-refractivity contribution in [2.24, 2.45) is 5.18 Å². The SMILES string of the molecule is CC/C(=C\C(=N)CCCNC(=O)NC1CCCCCC1)c1ccccc1.Cc1ccc(N=O)cc1. The van der Waals surface area contributed by atoms with Gasteiger partial charge in [0.15, 0.2) is 0 Å². The average molecular weight is 477 g/mol. The van der Waals surface area contributed by atoms with Gasteiger partial charge in [0.2, 0.25) is 0 Å². The molecule has 3 N–H and O–H groups in total. The van der Waals surface area contributed by atoms with E-state index >= 15 is 0 Å². The number of rotatable bonds is 9. The van der Waals surface area contributed by atoms with Crippen LogP contribution in [0.5, 0.6) is 0 Å². The maximum absolute atomic E-state index is 12.0. The Labute approximate surface area is 210 Å². The molecule has 0 heterocycles. The molecule has 2 aromatic rings. The summed E-state index contributed by atoms with van der Waals surface area (Å²) in [7, 11) is 0. The minimum absolute atomic E-state index is 0.0579. The maximum atomic E-state index is 12.0. The third kappa shape index (κ3) is 11.6. The van der Waals surface area contributed by atoms with Crippen molar-refractivity contribution in [1.82, 2.24) is 10.6 Å². The van der Waals surface area contributed by atoms with Crippen LogP contribution in [0.15, 0.2) is 65.9 Å². The highest BCUT2D eigenvalue weighted by Crippen LogP contribution is 2.18. The van der Waals surface area contributed by atoms with Gasteiger partial charge in [0.1, 0.15) is 5.69 Å². The van der Waals surface area contributed by atoms with E-state index in [0.29, 0.717) is 30.4 Å². The molecule has 2 amide bonds. The monoisotopic (exact) mass is 476 g/mol. The van der Waals surface area contributed by atoms with Crippen LogP contribution >= 0.6 is 0 Å². The first-order valence-electron chi connectivity index (χ1n) is 12.8. The normalized spacial score (nSPS) is 14.2. The number of allylic oxidation sites excluding steroid dienone is 2. The van der Waals surface area contributed by atoms with E-state index in [9.17, 15) is 9.70 Å². The van der Waals surface area contributed by atoms with Crippen molar-refractivity contribution in [3.63, 3.8) is 0 Å². The van der Waals surface area contributed by atoms with Gasteiger partial charge in [-0.25, -0.2) is 4.79 Å². The Kier molecular flexibility index (Phi) is 13.1. The molecule has 2 aromatic carbocycles. The molecule has 6 nitrogen and oxygen atoms in total. The Morgan fingerprint density at radius 1 is 1.03 bits per heavy atom. The molecule has 0 bridgehead atoms. The molecule has 1 aliphatic carbocycles. The molecule has 3 rings (SSSR count). The van der Waals surface area contributed by atoms with Crippen molar-refractivity contribution in [1.29, 1.82) is 5.41 Å². The van der Waals surface area contributed by atoms with E-state index in [1.807, 2.05) is 43.3 Å². The fraction of sp³-hybridized carbons (Fsp3) is 0.448. The summed E-state index contributed by atoms with van der Waals surface area (Å²) in [5.41, 5.74) is 4.62. The summed E-state index contributed by atoms with van der Waals surface area (Å²) < 4.78 is 0. The molecule has 1 saturated carbocycles. The number of nitroso groups, excluding NO2 is 1. The number of benzene rings is 2. The van der Waals surface area contributed by atoms with Gasteiger partial charge >= 0.3 is 6.03 Å². The fourth-order valence-electron chi connectivity index (χ4n) is 4.07. The van der Waals surface area contributed by atoms with Crippen LogP contribution in [0, 0.1) is 17.2 Å². The molecule has 0 spiro atoms. The summed E-state index contributed by atoms with van der Waals surface area (Å²) in [6, 6.07) is 17.6. The lowest BCUT2D eigenvalue weighted by Crippen LogP contribution is -2.42. The average Bonchev–Trinajstić information content (AvgIpc) is 3.15. The van der Waals surface area contributed by atoms with Gasteiger partial charge in [-0.3, -0.25) is 0 Å². The second-order valence-corrected chi connectivity index (χ2v) is 9.03. The van der Waals surface area contributed by atoms with E-state index in [1.165, 1.54) is 36.8 Å². The lowest BCUT2D eigenvalue weighted by atomic mass is 10.0. The molecule has 0 unspecified atom stereocenters. The minimum atomic E-state index is -0.0579. The van der Waals surface area contributed by atoms with Gasteiger partial charge in [0, 0.05) is 18.3 Å². The number of nitrogens with zero attached hydrogens (tertiary/aromatic N) is 1. The second-order valence-electron chi connectivity index (χ2n) is 9.03. The van der Waals surface area contributed by atoms with Gasteiger partial charge in [-0.2, -0.15) is 0 Å². The van der Waals surface area contributed by atoms with Gasteiger partial charge in [-0.1, -0.05) is 80.6 Å². The molecule has 0 atom stereocenters. The number of amides is 2. The summed E-state index contributed by atoms with van der Waals surface area (Å²) >= 11 is 0. The quantitative estimate of drug-likeness (QED) is 0.150. The summed E-state index contributed by atoms with van der Waals surface area (Å²) in [5, 5.41) is 17.0. The van der Waals surface area contributed by atoms with E-state index in [-0.39, 0.29) is 6.03 Å². The third-order valence-electron chi connectivity index (χ3n) is 6.11. The van der Waals surface area contributed by atoms with Crippen molar-refractivity contribution >= 4 is 23.0 Å². The van der Waals surface area contributed by atoms with E-state index in [4.69, 9.17) is 5.41 Å². The first-order chi connectivity index (χ1) is 17.0. The standard InChI is InChI=1S/C22H33N3O.C7H7NO/c1-2-18(19-11-6-5-7-12-19)17-20(23)13-10-16-24-22(26)25-21-14-8-3-4-9-15-21;1-6-2-4-7(8-9)5-3-6/h5-7,11-12,17,21,23H,2-4,8-10,13-16H2,1H3,(H2,24,25,26);2-5H,1H3/b18-17+,23-20?;. The Balaban J connectivity index is 0.000000402. The second kappa shape index (κ2) is 16.4. The van der Waals surface area contributed by atoms with Crippen molar-refractivity contribution in [2.45, 2.75) is 77.7 Å². The first-order valence-corrected chi connectivity index (χ1v) is 12.8. The van der Waals surface area contributed by atoms with E-state index in [2.05, 4.69) is 34.9 Å². The fourth-order valence-corrected chi connectivity index (χ4v) is 4.07. The summed E-state index contributed by atoms with van der Waals surface area (Å²) in [5.74, 6) is 0. The number of carbonyl (C=O) groups excluding carboxylic acids is 1. The van der Waals surface area contributed by atoms with Gasteiger partial charge in [0.05, 0.1) is 0 Å². The molecule has 188 valence electrons. The van der Waals surface area contributed by atoms with Crippen LogP contribution in [-0.4, -0.2) is 24.3 Å². The number of hydrogen-bond donors (Lipinski definition) is 3. The molecule has 0 aliphatic heterocycles. The number of nitrogens with one attached hydrogen (secondary N) is 3. The third-order valence-corrected chi connectivity index (χ3v) is 6.11. The summed E-state index contributed by atoms with van der Waals surface area (Å²) in [6.45, 7) is 4.70. The molecule has 0 saturated heterocycles. The first kappa shape index (κ1) is 28.0. The summed E-state index contributed by atoms with van der Waals surface area (Å²) in [4.78, 5) is 21.9. The number of carbonyl (C=O) groups is 1. The maximum Gasteiger partial charge on any atom is 0.315 e. The zero-order valence-corrected chi connectivity index (χ0v) is 21.2. The highest BCUT2D eigenvalue weighted by Gasteiger charge is 2.14. The van der Waals surface area contributed by atoms with Crippen molar-refractivity contribution in [2.75, 3.05) is 6.54 Å². The Bertz CT molecular complexity index is 931. The van der Waals surface area contributed by atoms with Crippen LogP contribution in [0.1, 0.15) is 75.8 Å². The van der Waals surface area contributed by atoms with Gasteiger partial charge in [-0.15, -0.1) is 4.91 Å². The van der Waals surface area contributed by atoms with Crippen molar-refractivity contribution < 1.29 is 4.79 Å². The molecule has 1 aliphatic rings. The molecular weight excluding hydrogens is 436 g/mol. The lowest BCUT2D eigenvalue weighted by molar-refractivity contribution is 0.235. The van der Waals surface area contributed by atoms with Crippen molar-refractivity contribution in [3.05, 3.63) is 76.7 Å². The smallest absolute Gasteiger partial charge is 0.315 e. The van der Waals surface area contributed by atoms with Crippen LogP contribution in [0.4, 0.5) is 10.5 Å². The van der Waals surface area contributed by atoms with E-state index in [1.54, 1.807) is 12.1 Å². The highest BCUT2D eigenvalue weighted by molar-refractivity contribution is 5.98. The Morgan fingerprint density at radius 2 is 1.69 bits per heavy atom. The molecule has 0 aromatic heterocycles. The summed E-state index contributed by atoms with van der Waals surface area (Å²) in [6.07, 6.45) is 11.6. The number of urea groups is 1. The van der Waals surface area contributed by atoms with Crippen LogP contribution in [0.25, 0.3) is 5.57 Å². The predicted octanol–water partition coefficient (Wildman–Crippen LogP) is 7.69. The van der Waals surface area contributed by atoms with Crippen LogP contribution < -0.4 is 10.6 Å². The predicted molar refractivity (Wildman–Crippen MR) is 146 cm³/mol. The Hall–Kier alpha value is -3.28. The Morgan fingerprint density at radius 3 is 2.29 bits per heavy atom. The highest BCUT2D eigenvalue weighted by atomic mass is 16.3. The van der Waals surface area contributed by atoms with Crippen LogP contribution in [-0.2, 0) is 0 Å². The molecule has 6 heteroatoms. The molecule has 1 fully saturated rings.